The Morgan fingerprint density at radius 1 is 1.45 bits per heavy atom. The molecule has 1 heterocycles. The monoisotopic (exact) mass is 281 g/mol. The molecular formula is C16H31N3O. The van der Waals surface area contributed by atoms with E-state index in [9.17, 15) is 4.79 Å². The minimum absolute atomic E-state index is 0.150. The molecule has 0 aromatic heterocycles. The number of nitrogens with zero attached hydrogens (tertiary/aromatic N) is 1. The first kappa shape index (κ1) is 15.8. The van der Waals surface area contributed by atoms with Gasteiger partial charge in [-0.15, -0.1) is 0 Å². The maximum Gasteiger partial charge on any atom is 0.238 e. The lowest BCUT2D eigenvalue weighted by Crippen LogP contribution is -2.60. The molecule has 20 heavy (non-hydrogen) atoms. The summed E-state index contributed by atoms with van der Waals surface area (Å²) in [7, 11) is 0. The minimum Gasteiger partial charge on any atom is -0.368 e. The van der Waals surface area contributed by atoms with Crippen molar-refractivity contribution in [2.24, 2.45) is 17.6 Å². The van der Waals surface area contributed by atoms with E-state index in [1.54, 1.807) is 0 Å². The molecule has 0 bridgehead atoms. The number of primary amides is 1. The second-order valence-corrected chi connectivity index (χ2v) is 7.21. The second kappa shape index (κ2) is 6.44. The average Bonchev–Trinajstić information content (AvgIpc) is 2.93. The number of hydrogen-bond acceptors (Lipinski definition) is 3. The summed E-state index contributed by atoms with van der Waals surface area (Å²) in [6, 6.07) is 0.301. The molecule has 2 aliphatic rings. The van der Waals surface area contributed by atoms with Crippen molar-refractivity contribution in [2.45, 2.75) is 64.5 Å². The van der Waals surface area contributed by atoms with E-state index in [-0.39, 0.29) is 5.91 Å². The molecule has 0 aromatic carbocycles. The summed E-state index contributed by atoms with van der Waals surface area (Å²) < 4.78 is 0. The zero-order chi connectivity index (χ0) is 14.8. The standard InChI is InChI=1S/C16H31N3O/c1-12(2)18-16(15(17)20)8-4-5-14(16)7-10-19-9-6-13(3)11-19/h12-14,18H,4-11H2,1-3H3,(H2,17,20). The summed E-state index contributed by atoms with van der Waals surface area (Å²) in [6.45, 7) is 10.1. The minimum atomic E-state index is -0.459. The number of likely N-dealkylation sites (tertiary alicyclic amines) is 1. The lowest BCUT2D eigenvalue weighted by atomic mass is 9.83. The van der Waals surface area contributed by atoms with Crippen LogP contribution in [0.5, 0.6) is 0 Å². The molecule has 4 heteroatoms. The Balaban J connectivity index is 1.95. The third kappa shape index (κ3) is 3.34. The van der Waals surface area contributed by atoms with Crippen LogP contribution >= 0.6 is 0 Å². The van der Waals surface area contributed by atoms with Crippen LogP contribution in [-0.4, -0.2) is 42.0 Å². The van der Waals surface area contributed by atoms with Crippen LogP contribution in [0.25, 0.3) is 0 Å². The van der Waals surface area contributed by atoms with Crippen molar-refractivity contribution in [1.82, 2.24) is 10.2 Å². The number of nitrogens with one attached hydrogen (secondary N) is 1. The predicted octanol–water partition coefficient (Wildman–Crippen LogP) is 1.74. The molecule has 2 rings (SSSR count). The highest BCUT2D eigenvalue weighted by molar-refractivity contribution is 5.85. The van der Waals surface area contributed by atoms with Crippen LogP contribution in [0, 0.1) is 11.8 Å². The Morgan fingerprint density at radius 2 is 2.20 bits per heavy atom. The van der Waals surface area contributed by atoms with E-state index < -0.39 is 5.54 Å². The molecule has 2 fully saturated rings. The summed E-state index contributed by atoms with van der Waals surface area (Å²) in [4.78, 5) is 14.6. The number of carbonyl (C=O) groups excluding carboxylic acids is 1. The van der Waals surface area contributed by atoms with Gasteiger partial charge in [-0.25, -0.2) is 0 Å². The van der Waals surface area contributed by atoms with Gasteiger partial charge < -0.3 is 16.0 Å². The zero-order valence-corrected chi connectivity index (χ0v) is 13.3. The SMILES string of the molecule is CC1CCN(CCC2CCCC2(NC(C)C)C(N)=O)C1. The third-order valence-electron chi connectivity index (χ3n) is 5.11. The number of carbonyl (C=O) groups is 1. The Hall–Kier alpha value is -0.610. The molecule has 4 nitrogen and oxygen atoms in total. The van der Waals surface area contributed by atoms with E-state index in [4.69, 9.17) is 5.73 Å². The maximum atomic E-state index is 12.1. The van der Waals surface area contributed by atoms with Crippen molar-refractivity contribution in [3.05, 3.63) is 0 Å². The average molecular weight is 281 g/mol. The van der Waals surface area contributed by atoms with Gasteiger partial charge in [-0.05, 0) is 64.5 Å². The highest BCUT2D eigenvalue weighted by Crippen LogP contribution is 2.38. The van der Waals surface area contributed by atoms with Gasteiger partial charge in [-0.2, -0.15) is 0 Å². The number of hydrogen-bond donors (Lipinski definition) is 2. The van der Waals surface area contributed by atoms with E-state index in [0.717, 1.165) is 38.1 Å². The van der Waals surface area contributed by atoms with Gasteiger partial charge in [0, 0.05) is 12.6 Å². The molecule has 1 aliphatic carbocycles. The molecule has 1 saturated heterocycles. The van der Waals surface area contributed by atoms with Crippen molar-refractivity contribution in [1.29, 1.82) is 0 Å². The van der Waals surface area contributed by atoms with Crippen LogP contribution in [-0.2, 0) is 4.79 Å². The molecule has 3 N–H and O–H groups in total. The first-order chi connectivity index (χ1) is 9.44. The van der Waals surface area contributed by atoms with Crippen molar-refractivity contribution >= 4 is 5.91 Å². The van der Waals surface area contributed by atoms with Crippen molar-refractivity contribution < 1.29 is 4.79 Å². The van der Waals surface area contributed by atoms with Crippen molar-refractivity contribution in [3.8, 4) is 0 Å². The first-order valence-corrected chi connectivity index (χ1v) is 8.24. The number of amides is 1. The van der Waals surface area contributed by atoms with Crippen LogP contribution in [0.4, 0.5) is 0 Å². The second-order valence-electron chi connectivity index (χ2n) is 7.21. The molecule has 0 spiro atoms. The van der Waals surface area contributed by atoms with Crippen molar-refractivity contribution in [3.63, 3.8) is 0 Å². The molecule has 1 aliphatic heterocycles. The van der Waals surface area contributed by atoms with Crippen LogP contribution in [0.2, 0.25) is 0 Å². The third-order valence-corrected chi connectivity index (χ3v) is 5.11. The predicted molar refractivity (Wildman–Crippen MR) is 82.4 cm³/mol. The number of rotatable bonds is 6. The van der Waals surface area contributed by atoms with Gasteiger partial charge in [0.25, 0.3) is 0 Å². The maximum absolute atomic E-state index is 12.1. The number of nitrogens with two attached hydrogens (primary N) is 1. The Bertz CT molecular complexity index is 345. The van der Waals surface area contributed by atoms with Crippen LogP contribution in [0.1, 0.15) is 52.9 Å². The normalized spacial score (nSPS) is 35.0. The smallest absolute Gasteiger partial charge is 0.238 e. The summed E-state index contributed by atoms with van der Waals surface area (Å²) in [5, 5.41) is 3.50. The highest BCUT2D eigenvalue weighted by atomic mass is 16.1. The zero-order valence-electron chi connectivity index (χ0n) is 13.3. The van der Waals surface area contributed by atoms with Crippen LogP contribution < -0.4 is 11.1 Å². The fourth-order valence-electron chi connectivity index (χ4n) is 4.14. The van der Waals surface area contributed by atoms with Gasteiger partial charge in [-0.1, -0.05) is 13.3 Å². The Kier molecular flexibility index (Phi) is 5.08. The van der Waals surface area contributed by atoms with Crippen LogP contribution in [0.15, 0.2) is 0 Å². The lowest BCUT2D eigenvalue weighted by molar-refractivity contribution is -0.126. The topological polar surface area (TPSA) is 58.4 Å². The molecule has 1 amide bonds. The summed E-state index contributed by atoms with van der Waals surface area (Å²) in [6.07, 6.45) is 5.56. The van der Waals surface area contributed by atoms with Gasteiger partial charge in [0.05, 0.1) is 0 Å². The Morgan fingerprint density at radius 3 is 2.75 bits per heavy atom. The van der Waals surface area contributed by atoms with Gasteiger partial charge in [-0.3, -0.25) is 4.79 Å². The molecule has 3 unspecified atom stereocenters. The first-order valence-electron chi connectivity index (χ1n) is 8.24. The van der Waals surface area contributed by atoms with Gasteiger partial charge >= 0.3 is 0 Å². The van der Waals surface area contributed by atoms with E-state index in [2.05, 4.69) is 31.0 Å². The molecule has 3 atom stereocenters. The Labute approximate surface area is 123 Å². The molecule has 0 aromatic rings. The van der Waals surface area contributed by atoms with E-state index in [1.165, 1.54) is 19.5 Å². The van der Waals surface area contributed by atoms with E-state index in [1.807, 2.05) is 0 Å². The summed E-state index contributed by atoms with van der Waals surface area (Å²) >= 11 is 0. The fourth-order valence-corrected chi connectivity index (χ4v) is 4.14. The van der Waals surface area contributed by atoms with E-state index >= 15 is 0 Å². The molecule has 0 radical (unpaired) electrons. The van der Waals surface area contributed by atoms with E-state index in [0.29, 0.717) is 12.0 Å². The van der Waals surface area contributed by atoms with Gasteiger partial charge in [0.2, 0.25) is 5.91 Å². The van der Waals surface area contributed by atoms with Crippen LogP contribution in [0.3, 0.4) is 0 Å². The quantitative estimate of drug-likeness (QED) is 0.779. The lowest BCUT2D eigenvalue weighted by Gasteiger charge is -2.36. The fraction of sp³-hybridized carbons (Fsp3) is 0.938. The van der Waals surface area contributed by atoms with Crippen molar-refractivity contribution in [2.75, 3.05) is 19.6 Å². The largest absolute Gasteiger partial charge is 0.368 e. The summed E-state index contributed by atoms with van der Waals surface area (Å²) in [5.74, 6) is 1.08. The molecular weight excluding hydrogens is 250 g/mol. The molecule has 1 saturated carbocycles. The molecule has 116 valence electrons. The van der Waals surface area contributed by atoms with Gasteiger partial charge in [0.15, 0.2) is 0 Å². The summed E-state index contributed by atoms with van der Waals surface area (Å²) in [5.41, 5.74) is 5.30. The highest BCUT2D eigenvalue weighted by Gasteiger charge is 2.47. The van der Waals surface area contributed by atoms with Gasteiger partial charge in [0.1, 0.15) is 5.54 Å².